The highest BCUT2D eigenvalue weighted by atomic mass is 35.5. The minimum absolute atomic E-state index is 0.274. The van der Waals surface area contributed by atoms with Crippen LogP contribution in [0.15, 0.2) is 36.4 Å². The topological polar surface area (TPSA) is 65.4 Å². The number of ether oxygens (including phenoxy) is 2. The Labute approximate surface area is 187 Å². The van der Waals surface area contributed by atoms with Crippen molar-refractivity contribution >= 4 is 23.2 Å². The van der Waals surface area contributed by atoms with Gasteiger partial charge in [-0.15, -0.1) is 0 Å². The van der Waals surface area contributed by atoms with Gasteiger partial charge in [0.2, 0.25) is 0 Å². The summed E-state index contributed by atoms with van der Waals surface area (Å²) in [5, 5.41) is 3.33. The highest BCUT2D eigenvalue weighted by Crippen LogP contribution is 2.36. The molecule has 0 saturated heterocycles. The second kappa shape index (κ2) is 9.02. The summed E-state index contributed by atoms with van der Waals surface area (Å²) in [6, 6.07) is 11.5. The van der Waals surface area contributed by atoms with Crippen LogP contribution in [0.1, 0.15) is 41.0 Å². The number of methoxy groups -OCH3 is 2. The molecule has 0 aliphatic carbocycles. The summed E-state index contributed by atoms with van der Waals surface area (Å²) in [5.41, 5.74) is 4.10. The zero-order chi connectivity index (χ0) is 22.0. The lowest BCUT2D eigenvalue weighted by Gasteiger charge is -2.13. The molecule has 0 fully saturated rings. The fraction of sp³-hybridized carbons (Fsp3) is 0.333. The van der Waals surface area contributed by atoms with Crippen molar-refractivity contribution < 1.29 is 14.3 Å². The van der Waals surface area contributed by atoms with Crippen LogP contribution in [-0.4, -0.2) is 29.7 Å². The summed E-state index contributed by atoms with van der Waals surface area (Å²) in [6.07, 6.45) is 4.07. The van der Waals surface area contributed by atoms with E-state index in [4.69, 9.17) is 26.1 Å². The van der Waals surface area contributed by atoms with E-state index in [1.54, 1.807) is 12.1 Å². The van der Waals surface area contributed by atoms with Crippen LogP contribution in [0.2, 0.25) is 5.02 Å². The molecule has 0 saturated carbocycles. The van der Waals surface area contributed by atoms with Crippen LogP contribution in [0.3, 0.4) is 0 Å². The summed E-state index contributed by atoms with van der Waals surface area (Å²) in [4.78, 5) is 18.1. The highest BCUT2D eigenvalue weighted by molar-refractivity contribution is 6.32. The van der Waals surface area contributed by atoms with Crippen molar-refractivity contribution in [3.8, 4) is 22.9 Å². The number of benzene rings is 2. The fourth-order valence-electron chi connectivity index (χ4n) is 3.96. The summed E-state index contributed by atoms with van der Waals surface area (Å²) >= 11 is 6.27. The summed E-state index contributed by atoms with van der Waals surface area (Å²) in [6.45, 7) is 2.92. The number of rotatable bonds is 5. The van der Waals surface area contributed by atoms with Crippen LogP contribution in [0.5, 0.6) is 11.5 Å². The third kappa shape index (κ3) is 4.26. The Hall–Kier alpha value is -2.99. The van der Waals surface area contributed by atoms with E-state index in [2.05, 4.69) is 41.1 Å². The van der Waals surface area contributed by atoms with Gasteiger partial charge in [-0.3, -0.25) is 4.79 Å². The monoisotopic (exact) mass is 439 g/mol. The van der Waals surface area contributed by atoms with E-state index in [9.17, 15) is 4.79 Å². The molecule has 0 bridgehead atoms. The SMILES string of the molecule is COc1cc(OC)c(NC(=O)c2nc(-c3ccc(C)cc3)n3c2CCCCC3)cc1Cl. The molecule has 0 atom stereocenters. The molecule has 7 heteroatoms. The number of hydrogen-bond acceptors (Lipinski definition) is 4. The Bertz CT molecular complexity index is 1110. The van der Waals surface area contributed by atoms with Gasteiger partial charge in [0.1, 0.15) is 23.0 Å². The van der Waals surface area contributed by atoms with Crippen LogP contribution in [0.25, 0.3) is 11.4 Å². The van der Waals surface area contributed by atoms with E-state index >= 15 is 0 Å². The molecule has 2 heterocycles. The first-order chi connectivity index (χ1) is 15.0. The van der Waals surface area contributed by atoms with Crippen LogP contribution in [-0.2, 0) is 13.0 Å². The van der Waals surface area contributed by atoms with Gasteiger partial charge in [0.05, 0.1) is 30.6 Å². The van der Waals surface area contributed by atoms with E-state index in [1.165, 1.54) is 19.8 Å². The molecular weight excluding hydrogens is 414 g/mol. The quantitative estimate of drug-likeness (QED) is 0.569. The van der Waals surface area contributed by atoms with Gasteiger partial charge < -0.3 is 19.4 Å². The molecule has 1 aromatic heterocycles. The Morgan fingerprint density at radius 3 is 2.52 bits per heavy atom. The van der Waals surface area contributed by atoms with Crippen molar-refractivity contribution in [2.75, 3.05) is 19.5 Å². The van der Waals surface area contributed by atoms with Crippen LogP contribution in [0, 0.1) is 6.92 Å². The lowest BCUT2D eigenvalue weighted by molar-refractivity contribution is 0.102. The largest absolute Gasteiger partial charge is 0.495 e. The predicted molar refractivity (Wildman–Crippen MR) is 122 cm³/mol. The molecular formula is C24H26ClN3O3. The number of nitrogens with zero attached hydrogens (tertiary/aromatic N) is 2. The van der Waals surface area contributed by atoms with Crippen LogP contribution < -0.4 is 14.8 Å². The average Bonchev–Trinajstić information content (AvgIpc) is 2.96. The number of halogens is 1. The van der Waals surface area contributed by atoms with Gasteiger partial charge in [-0.1, -0.05) is 47.9 Å². The maximum atomic E-state index is 13.3. The maximum Gasteiger partial charge on any atom is 0.276 e. The molecule has 1 aliphatic heterocycles. The zero-order valence-corrected chi connectivity index (χ0v) is 18.8. The molecule has 6 nitrogen and oxygen atoms in total. The van der Waals surface area contributed by atoms with Gasteiger partial charge in [-0.25, -0.2) is 4.98 Å². The molecule has 2 aromatic carbocycles. The van der Waals surface area contributed by atoms with Gasteiger partial charge in [0.25, 0.3) is 5.91 Å². The molecule has 0 radical (unpaired) electrons. The molecule has 1 N–H and O–H groups in total. The fourth-order valence-corrected chi connectivity index (χ4v) is 4.20. The maximum absolute atomic E-state index is 13.3. The number of carbonyl (C=O) groups excluding carboxylic acids is 1. The number of nitrogens with one attached hydrogen (secondary N) is 1. The Morgan fingerprint density at radius 2 is 1.81 bits per heavy atom. The second-order valence-corrected chi connectivity index (χ2v) is 8.11. The van der Waals surface area contributed by atoms with Gasteiger partial charge in [-0.2, -0.15) is 0 Å². The third-order valence-electron chi connectivity index (χ3n) is 5.61. The Balaban J connectivity index is 1.73. The van der Waals surface area contributed by atoms with E-state index in [0.717, 1.165) is 49.3 Å². The number of hydrogen-bond donors (Lipinski definition) is 1. The van der Waals surface area contributed by atoms with E-state index < -0.39 is 0 Å². The van der Waals surface area contributed by atoms with Crippen molar-refractivity contribution in [2.24, 2.45) is 0 Å². The number of imidazole rings is 1. The third-order valence-corrected chi connectivity index (χ3v) is 5.91. The number of anilines is 1. The smallest absolute Gasteiger partial charge is 0.276 e. The molecule has 4 rings (SSSR count). The number of carbonyl (C=O) groups is 1. The van der Waals surface area contributed by atoms with E-state index in [1.807, 2.05) is 0 Å². The minimum atomic E-state index is -0.274. The average molecular weight is 440 g/mol. The molecule has 1 amide bonds. The molecule has 0 unspecified atom stereocenters. The molecule has 1 aliphatic rings. The summed E-state index contributed by atoms with van der Waals surface area (Å²) in [5.74, 6) is 1.51. The summed E-state index contributed by atoms with van der Waals surface area (Å²) in [7, 11) is 3.07. The van der Waals surface area contributed by atoms with Gasteiger partial charge in [0.15, 0.2) is 0 Å². The number of aromatic nitrogens is 2. The molecule has 31 heavy (non-hydrogen) atoms. The predicted octanol–water partition coefficient (Wildman–Crippen LogP) is 5.51. The lowest BCUT2D eigenvalue weighted by atomic mass is 10.1. The van der Waals surface area contributed by atoms with Crippen LogP contribution >= 0.6 is 11.6 Å². The van der Waals surface area contributed by atoms with Gasteiger partial charge >= 0.3 is 0 Å². The van der Waals surface area contributed by atoms with Crippen molar-refractivity contribution in [1.82, 2.24) is 9.55 Å². The molecule has 3 aromatic rings. The Morgan fingerprint density at radius 1 is 1.06 bits per heavy atom. The zero-order valence-electron chi connectivity index (χ0n) is 18.0. The van der Waals surface area contributed by atoms with Crippen molar-refractivity contribution in [3.63, 3.8) is 0 Å². The molecule has 162 valence electrons. The number of amides is 1. The first-order valence-electron chi connectivity index (χ1n) is 10.4. The Kier molecular flexibility index (Phi) is 6.18. The van der Waals surface area contributed by atoms with Crippen molar-refractivity contribution in [1.29, 1.82) is 0 Å². The van der Waals surface area contributed by atoms with Crippen molar-refractivity contribution in [2.45, 2.75) is 39.2 Å². The summed E-state index contributed by atoms with van der Waals surface area (Å²) < 4.78 is 12.9. The number of fused-ring (bicyclic) bond motifs is 1. The van der Waals surface area contributed by atoms with Gasteiger partial charge in [0, 0.05) is 18.2 Å². The normalized spacial score (nSPS) is 13.3. The van der Waals surface area contributed by atoms with E-state index in [-0.39, 0.29) is 5.91 Å². The van der Waals surface area contributed by atoms with Crippen molar-refractivity contribution in [3.05, 3.63) is 58.4 Å². The highest BCUT2D eigenvalue weighted by Gasteiger charge is 2.25. The standard InChI is InChI=1S/C24H26ClN3O3/c1-15-8-10-16(11-9-15)23-27-22(19-7-5-4-6-12-28(19)23)24(29)26-18-13-17(25)20(30-2)14-21(18)31-3/h8-11,13-14H,4-7,12H2,1-3H3,(H,26,29). The minimum Gasteiger partial charge on any atom is -0.495 e. The van der Waals surface area contributed by atoms with Crippen LogP contribution in [0.4, 0.5) is 5.69 Å². The van der Waals surface area contributed by atoms with Gasteiger partial charge in [-0.05, 0) is 32.3 Å². The first kappa shape index (κ1) is 21.2. The molecule has 0 spiro atoms. The second-order valence-electron chi connectivity index (χ2n) is 7.70. The first-order valence-corrected chi connectivity index (χ1v) is 10.8. The number of aryl methyl sites for hydroxylation is 1. The lowest BCUT2D eigenvalue weighted by Crippen LogP contribution is -2.16. The van der Waals surface area contributed by atoms with E-state index in [0.29, 0.717) is 27.9 Å².